The summed E-state index contributed by atoms with van der Waals surface area (Å²) in [5.41, 5.74) is 16.4. The van der Waals surface area contributed by atoms with Crippen LogP contribution in [0.5, 0.6) is 0 Å². The molecule has 5 nitrogen and oxygen atoms in total. The summed E-state index contributed by atoms with van der Waals surface area (Å²) in [6, 6.07) is 88.2. The standard InChI is InChI=1S/C63H41N5/c1-5-17-42(18-6-1)44-29-31-45(32-30-44)46-33-35-49(36-34-46)62-64-61(48-23-11-4-12-24-48)65-63(66-62)68-57-28-16-14-26-53(57)55-40-39-54-52-25-13-15-27-56(52)67(59(54)60(55)68)58-41-50(43-19-7-2-8-20-43)37-38-51(58)47-21-9-3-10-22-47/h1-41H. The van der Waals surface area contributed by atoms with Crippen LogP contribution in [0.2, 0.25) is 0 Å². The lowest BCUT2D eigenvalue weighted by Gasteiger charge is -2.17. The number of rotatable bonds is 8. The van der Waals surface area contributed by atoms with Crippen molar-refractivity contribution in [1.29, 1.82) is 0 Å². The number of benzene rings is 10. The topological polar surface area (TPSA) is 48.5 Å². The van der Waals surface area contributed by atoms with Gasteiger partial charge >= 0.3 is 0 Å². The van der Waals surface area contributed by atoms with Crippen LogP contribution in [0.3, 0.4) is 0 Å². The van der Waals surface area contributed by atoms with Crippen molar-refractivity contribution >= 4 is 43.6 Å². The quantitative estimate of drug-likeness (QED) is 0.153. The van der Waals surface area contributed by atoms with Crippen molar-refractivity contribution in [2.45, 2.75) is 0 Å². The monoisotopic (exact) mass is 867 g/mol. The highest BCUT2D eigenvalue weighted by Crippen LogP contribution is 2.44. The van der Waals surface area contributed by atoms with Gasteiger partial charge in [0, 0.05) is 38.2 Å². The minimum absolute atomic E-state index is 0.547. The van der Waals surface area contributed by atoms with Crippen molar-refractivity contribution in [1.82, 2.24) is 24.1 Å². The molecule has 0 radical (unpaired) electrons. The van der Waals surface area contributed by atoms with Gasteiger partial charge in [0.15, 0.2) is 11.6 Å². The summed E-state index contributed by atoms with van der Waals surface area (Å²) in [6.07, 6.45) is 0. The molecule has 0 bridgehead atoms. The Balaban J connectivity index is 1.06. The van der Waals surface area contributed by atoms with Gasteiger partial charge in [-0.1, -0.05) is 231 Å². The summed E-state index contributed by atoms with van der Waals surface area (Å²) < 4.78 is 4.74. The molecule has 0 aliphatic rings. The lowest BCUT2D eigenvalue weighted by atomic mass is 9.98. The van der Waals surface area contributed by atoms with E-state index >= 15 is 0 Å². The highest BCUT2D eigenvalue weighted by atomic mass is 15.2. The van der Waals surface area contributed by atoms with Crippen LogP contribution >= 0.6 is 0 Å². The molecule has 0 aliphatic carbocycles. The van der Waals surface area contributed by atoms with E-state index in [1.54, 1.807) is 0 Å². The highest BCUT2D eigenvalue weighted by Gasteiger charge is 2.25. The maximum atomic E-state index is 5.43. The Labute approximate surface area is 393 Å². The van der Waals surface area contributed by atoms with Gasteiger partial charge in [-0.25, -0.2) is 4.98 Å². The third kappa shape index (κ3) is 6.68. The Kier molecular flexibility index (Phi) is 9.43. The maximum absolute atomic E-state index is 5.43. The predicted octanol–water partition coefficient (Wildman–Crippen LogP) is 16.1. The molecule has 13 rings (SSSR count). The molecule has 0 spiro atoms. The van der Waals surface area contributed by atoms with Gasteiger partial charge < -0.3 is 4.57 Å². The molecule has 0 fully saturated rings. The number of hydrogen-bond donors (Lipinski definition) is 0. The third-order valence-electron chi connectivity index (χ3n) is 13.2. The van der Waals surface area contributed by atoms with Gasteiger partial charge in [-0.05, 0) is 57.1 Å². The molecular weight excluding hydrogens is 827 g/mol. The summed E-state index contributed by atoms with van der Waals surface area (Å²) in [4.78, 5) is 16.0. The van der Waals surface area contributed by atoms with E-state index in [4.69, 9.17) is 15.0 Å². The molecule has 3 aromatic heterocycles. The minimum Gasteiger partial charge on any atom is -0.307 e. The Morgan fingerprint density at radius 3 is 1.15 bits per heavy atom. The van der Waals surface area contributed by atoms with Gasteiger partial charge in [0.25, 0.3) is 0 Å². The smallest absolute Gasteiger partial charge is 0.238 e. The summed E-state index contributed by atoms with van der Waals surface area (Å²) in [6.45, 7) is 0. The molecule has 0 amide bonds. The minimum atomic E-state index is 0.547. The maximum Gasteiger partial charge on any atom is 0.238 e. The molecule has 68 heavy (non-hydrogen) atoms. The normalized spacial score (nSPS) is 11.5. The van der Waals surface area contributed by atoms with Gasteiger partial charge in [-0.3, -0.25) is 4.57 Å². The number of para-hydroxylation sites is 2. The van der Waals surface area contributed by atoms with E-state index in [9.17, 15) is 0 Å². The molecular formula is C63H41N5. The van der Waals surface area contributed by atoms with Crippen LogP contribution in [0, 0.1) is 0 Å². The van der Waals surface area contributed by atoms with Crippen LogP contribution in [0.4, 0.5) is 0 Å². The van der Waals surface area contributed by atoms with Crippen LogP contribution in [-0.2, 0) is 0 Å². The average molecular weight is 868 g/mol. The molecule has 0 N–H and O–H groups in total. The van der Waals surface area contributed by atoms with Crippen molar-refractivity contribution in [2.75, 3.05) is 0 Å². The molecule has 318 valence electrons. The van der Waals surface area contributed by atoms with E-state index in [0.29, 0.717) is 17.6 Å². The first kappa shape index (κ1) is 39.2. The van der Waals surface area contributed by atoms with E-state index in [1.165, 1.54) is 16.5 Å². The Morgan fingerprint density at radius 2 is 0.618 bits per heavy atom. The molecule has 0 saturated heterocycles. The second-order valence-electron chi connectivity index (χ2n) is 17.2. The van der Waals surface area contributed by atoms with E-state index in [-0.39, 0.29) is 0 Å². The lowest BCUT2D eigenvalue weighted by Crippen LogP contribution is -2.07. The van der Waals surface area contributed by atoms with E-state index in [0.717, 1.165) is 88.4 Å². The lowest BCUT2D eigenvalue weighted by molar-refractivity contribution is 0.953. The fraction of sp³-hybridized carbons (Fsp3) is 0. The predicted molar refractivity (Wildman–Crippen MR) is 281 cm³/mol. The van der Waals surface area contributed by atoms with Crippen LogP contribution in [-0.4, -0.2) is 24.1 Å². The van der Waals surface area contributed by atoms with Gasteiger partial charge in [0.05, 0.1) is 27.8 Å². The second-order valence-corrected chi connectivity index (χ2v) is 17.2. The average Bonchev–Trinajstić information content (AvgIpc) is 3.95. The summed E-state index contributed by atoms with van der Waals surface area (Å²) in [5, 5.41) is 4.55. The zero-order valence-corrected chi connectivity index (χ0v) is 36.9. The largest absolute Gasteiger partial charge is 0.307 e. The molecule has 0 atom stereocenters. The Hall–Kier alpha value is -9.19. The second kappa shape index (κ2) is 16.4. The van der Waals surface area contributed by atoms with Gasteiger partial charge in [0.1, 0.15) is 0 Å². The van der Waals surface area contributed by atoms with Crippen LogP contribution < -0.4 is 0 Å². The summed E-state index contributed by atoms with van der Waals surface area (Å²) >= 11 is 0. The van der Waals surface area contributed by atoms with Gasteiger partial charge in [0.2, 0.25) is 5.95 Å². The molecule has 13 aromatic rings. The van der Waals surface area contributed by atoms with Crippen molar-refractivity contribution in [3.8, 4) is 78.9 Å². The zero-order valence-electron chi connectivity index (χ0n) is 36.9. The number of aromatic nitrogens is 5. The zero-order chi connectivity index (χ0) is 45.0. The summed E-state index contributed by atoms with van der Waals surface area (Å²) in [7, 11) is 0. The Morgan fingerprint density at radius 1 is 0.250 bits per heavy atom. The summed E-state index contributed by atoms with van der Waals surface area (Å²) in [5.74, 6) is 1.75. The number of nitrogens with zero attached hydrogens (tertiary/aromatic N) is 5. The first-order valence-corrected chi connectivity index (χ1v) is 23.0. The van der Waals surface area contributed by atoms with Gasteiger partial charge in [-0.2, -0.15) is 9.97 Å². The first-order valence-electron chi connectivity index (χ1n) is 23.0. The van der Waals surface area contributed by atoms with Crippen molar-refractivity contribution in [3.63, 3.8) is 0 Å². The van der Waals surface area contributed by atoms with E-state index in [2.05, 4.69) is 234 Å². The van der Waals surface area contributed by atoms with E-state index in [1.807, 2.05) is 24.3 Å². The molecule has 0 unspecified atom stereocenters. The van der Waals surface area contributed by atoms with Crippen LogP contribution in [0.15, 0.2) is 249 Å². The Bertz CT molecular complexity index is 3970. The van der Waals surface area contributed by atoms with Crippen LogP contribution in [0.25, 0.3) is 123 Å². The molecule has 5 heteroatoms. The first-order chi connectivity index (χ1) is 33.7. The molecule has 3 heterocycles. The van der Waals surface area contributed by atoms with Crippen molar-refractivity contribution < 1.29 is 0 Å². The number of fused-ring (bicyclic) bond motifs is 7. The fourth-order valence-electron chi connectivity index (χ4n) is 9.95. The van der Waals surface area contributed by atoms with Crippen molar-refractivity contribution in [3.05, 3.63) is 249 Å². The van der Waals surface area contributed by atoms with Crippen LogP contribution in [0.1, 0.15) is 0 Å². The number of hydrogen-bond acceptors (Lipinski definition) is 3. The fourth-order valence-corrected chi connectivity index (χ4v) is 9.95. The van der Waals surface area contributed by atoms with Gasteiger partial charge in [-0.15, -0.1) is 0 Å². The van der Waals surface area contributed by atoms with Crippen molar-refractivity contribution in [2.24, 2.45) is 0 Å². The van der Waals surface area contributed by atoms with E-state index < -0.39 is 0 Å². The third-order valence-corrected chi connectivity index (χ3v) is 13.2. The SMILES string of the molecule is c1ccc(-c2ccc(-c3ccc(-c4nc(-c5ccccc5)nc(-n5c6ccccc6c6ccc7c8ccccc8n(-c8cc(-c9ccccc9)ccc8-c8ccccc8)c7c65)n4)cc3)cc2)cc1. The molecule has 0 saturated carbocycles. The molecule has 0 aliphatic heterocycles. The molecule has 10 aromatic carbocycles. The highest BCUT2D eigenvalue weighted by molar-refractivity contribution is 6.24.